The van der Waals surface area contributed by atoms with Gasteiger partial charge in [0, 0.05) is 47.0 Å². The van der Waals surface area contributed by atoms with E-state index in [0.29, 0.717) is 12.2 Å². The van der Waals surface area contributed by atoms with Gasteiger partial charge in [-0.15, -0.1) is 20.1 Å². The van der Waals surface area contributed by atoms with Crippen LogP contribution >= 0.6 is 22.9 Å². The molecule has 0 bridgehead atoms. The molecule has 0 saturated carbocycles. The van der Waals surface area contributed by atoms with Gasteiger partial charge in [0.2, 0.25) is 0 Å². The molecule has 3 rings (SSSR count). The average Bonchev–Trinajstić information content (AvgIpc) is 3.21. The molecular weight excluding hydrogens is 432 g/mol. The van der Waals surface area contributed by atoms with E-state index in [-0.39, 0.29) is 17.8 Å². The van der Waals surface area contributed by atoms with Crippen LogP contribution in [0.3, 0.4) is 0 Å². The molecule has 0 aliphatic carbocycles. The molecule has 0 saturated heterocycles. The van der Waals surface area contributed by atoms with Crippen LogP contribution in [0.25, 0.3) is 10.6 Å². The fourth-order valence-electron chi connectivity index (χ4n) is 2.79. The first-order valence-corrected chi connectivity index (χ1v) is 10.4. The Kier molecular flexibility index (Phi) is 6.89. The smallest absolute Gasteiger partial charge is 0.420 e. The maximum Gasteiger partial charge on any atom is 0.487 e. The summed E-state index contributed by atoms with van der Waals surface area (Å²) < 4.78 is 29.7. The quantitative estimate of drug-likeness (QED) is 0.421. The molecule has 0 radical (unpaired) electrons. The molecule has 1 aromatic heterocycles. The third-order valence-electron chi connectivity index (χ3n) is 4.18. The maximum atomic E-state index is 12.8. The molecule has 1 heterocycles. The van der Waals surface area contributed by atoms with Gasteiger partial charge in [0.15, 0.2) is 0 Å². The molecule has 0 atom stereocenters. The Bertz CT molecular complexity index is 977. The number of hydrogen-bond acceptors (Lipinski definition) is 4. The van der Waals surface area contributed by atoms with E-state index < -0.39 is 5.57 Å². The molecule has 0 fully saturated rings. The normalized spacial score (nSPS) is 11.4. The topological polar surface area (TPSA) is 54.5 Å². The van der Waals surface area contributed by atoms with Crippen molar-refractivity contribution in [3.8, 4) is 16.3 Å². The number of hydrogen-bond donors (Lipinski definition) is 1. The first kappa shape index (κ1) is 22.0. The first-order valence-electron chi connectivity index (χ1n) is 9.13. The summed E-state index contributed by atoms with van der Waals surface area (Å²) in [5, 5.41) is 5.61. The Balaban J connectivity index is 1.69. The van der Waals surface area contributed by atoms with E-state index in [1.807, 2.05) is 43.5 Å². The van der Waals surface area contributed by atoms with Crippen LogP contribution in [0, 0.1) is 0 Å². The number of anilines is 1. The van der Waals surface area contributed by atoms with Crippen molar-refractivity contribution in [2.24, 2.45) is 0 Å². The van der Waals surface area contributed by atoms with Gasteiger partial charge >= 0.3 is 11.6 Å². The SMILES string of the molecule is CC(C)N(Cc1cccc(-c2nccs2)c1)C(=O)Nc1ccc(OC(F)(F)Cl)cc1. The molecule has 9 heteroatoms. The first-order chi connectivity index (χ1) is 14.2. The van der Waals surface area contributed by atoms with Crippen LogP contribution in [0.1, 0.15) is 19.4 Å². The number of carbonyl (C=O) groups is 1. The van der Waals surface area contributed by atoms with Crippen LogP contribution in [0.15, 0.2) is 60.1 Å². The highest BCUT2D eigenvalue weighted by molar-refractivity contribution is 7.13. The Hall–Kier alpha value is -2.71. The predicted molar refractivity (Wildman–Crippen MR) is 115 cm³/mol. The summed E-state index contributed by atoms with van der Waals surface area (Å²) in [6, 6.07) is 13.1. The lowest BCUT2D eigenvalue weighted by atomic mass is 10.1. The van der Waals surface area contributed by atoms with Gasteiger partial charge in [0.05, 0.1) is 0 Å². The molecule has 0 spiro atoms. The lowest BCUT2D eigenvalue weighted by Gasteiger charge is -2.27. The second-order valence-corrected chi connectivity index (χ2v) is 8.10. The number of urea groups is 1. The van der Waals surface area contributed by atoms with Gasteiger partial charge in [-0.2, -0.15) is 0 Å². The molecule has 30 heavy (non-hydrogen) atoms. The number of carbonyl (C=O) groups excluding carboxylic acids is 1. The number of nitrogens with zero attached hydrogens (tertiary/aromatic N) is 2. The van der Waals surface area contributed by atoms with Gasteiger partial charge in [-0.1, -0.05) is 18.2 Å². The third-order valence-corrected chi connectivity index (χ3v) is 5.08. The van der Waals surface area contributed by atoms with E-state index in [9.17, 15) is 13.6 Å². The highest BCUT2D eigenvalue weighted by atomic mass is 35.5. The molecule has 1 N–H and O–H groups in total. The molecule has 5 nitrogen and oxygen atoms in total. The average molecular weight is 452 g/mol. The number of aromatic nitrogens is 1. The summed E-state index contributed by atoms with van der Waals surface area (Å²) in [5.74, 6) is -0.104. The predicted octanol–water partition coefficient (Wildman–Crippen LogP) is 6.42. The van der Waals surface area contributed by atoms with Crippen molar-refractivity contribution in [2.45, 2.75) is 32.0 Å². The van der Waals surface area contributed by atoms with Crippen molar-refractivity contribution in [1.82, 2.24) is 9.88 Å². The number of amides is 2. The van der Waals surface area contributed by atoms with E-state index in [1.54, 1.807) is 22.4 Å². The molecule has 2 amide bonds. The number of rotatable bonds is 7. The van der Waals surface area contributed by atoms with E-state index in [2.05, 4.69) is 15.0 Å². The Labute approximate surface area is 182 Å². The second-order valence-electron chi connectivity index (χ2n) is 6.76. The molecule has 0 aliphatic heterocycles. The lowest BCUT2D eigenvalue weighted by molar-refractivity contribution is -0.0964. The fourth-order valence-corrected chi connectivity index (χ4v) is 3.51. The van der Waals surface area contributed by atoms with Crippen LogP contribution in [0.4, 0.5) is 19.3 Å². The van der Waals surface area contributed by atoms with Crippen molar-refractivity contribution in [1.29, 1.82) is 0 Å². The van der Waals surface area contributed by atoms with Gasteiger partial charge in [-0.25, -0.2) is 9.78 Å². The van der Waals surface area contributed by atoms with E-state index >= 15 is 0 Å². The Morgan fingerprint density at radius 2 is 2.00 bits per heavy atom. The van der Waals surface area contributed by atoms with E-state index in [4.69, 9.17) is 11.6 Å². The molecule has 0 unspecified atom stereocenters. The van der Waals surface area contributed by atoms with Gasteiger partial charge < -0.3 is 15.0 Å². The van der Waals surface area contributed by atoms with Crippen molar-refractivity contribution < 1.29 is 18.3 Å². The lowest BCUT2D eigenvalue weighted by Crippen LogP contribution is -2.39. The van der Waals surface area contributed by atoms with E-state index in [0.717, 1.165) is 16.1 Å². The fraction of sp³-hybridized carbons (Fsp3) is 0.238. The van der Waals surface area contributed by atoms with Crippen molar-refractivity contribution in [3.63, 3.8) is 0 Å². The zero-order valence-corrected chi connectivity index (χ0v) is 17.9. The van der Waals surface area contributed by atoms with Gasteiger partial charge in [0.1, 0.15) is 10.8 Å². The molecule has 0 aliphatic rings. The second kappa shape index (κ2) is 9.40. The summed E-state index contributed by atoms with van der Waals surface area (Å²) >= 11 is 6.31. The van der Waals surface area contributed by atoms with Crippen molar-refractivity contribution in [3.05, 3.63) is 65.7 Å². The van der Waals surface area contributed by atoms with Crippen LogP contribution in [0.5, 0.6) is 5.75 Å². The largest absolute Gasteiger partial charge is 0.487 e. The highest BCUT2D eigenvalue weighted by Crippen LogP contribution is 2.26. The minimum atomic E-state index is -3.79. The number of nitrogens with one attached hydrogen (secondary N) is 1. The molecule has 158 valence electrons. The Morgan fingerprint density at radius 3 is 2.60 bits per heavy atom. The standard InChI is InChI=1S/C21H20ClF2N3O2S/c1-14(2)27(13-15-4-3-5-16(12-15)19-25-10-11-30-19)20(28)26-17-6-8-18(9-7-17)29-21(22,23)24/h3-12,14H,13H2,1-2H3,(H,26,28). The minimum Gasteiger partial charge on any atom is -0.420 e. The third kappa shape index (κ3) is 6.14. The van der Waals surface area contributed by atoms with Gasteiger partial charge in [0.25, 0.3) is 0 Å². The Morgan fingerprint density at radius 1 is 1.27 bits per heavy atom. The molecular formula is C21H20ClF2N3O2S. The summed E-state index contributed by atoms with van der Waals surface area (Å²) in [5.41, 5.74) is -1.36. The zero-order chi connectivity index (χ0) is 21.7. The van der Waals surface area contributed by atoms with Gasteiger partial charge in [-0.05, 0) is 49.7 Å². The number of thiazole rings is 1. The van der Waals surface area contributed by atoms with Crippen LogP contribution in [0.2, 0.25) is 0 Å². The van der Waals surface area contributed by atoms with Crippen LogP contribution in [-0.4, -0.2) is 27.5 Å². The molecule has 3 aromatic rings. The number of alkyl halides is 3. The monoisotopic (exact) mass is 451 g/mol. The molecule has 2 aromatic carbocycles. The van der Waals surface area contributed by atoms with Crippen molar-refractivity contribution in [2.75, 3.05) is 5.32 Å². The minimum absolute atomic E-state index is 0.0638. The highest BCUT2D eigenvalue weighted by Gasteiger charge is 2.27. The number of halogens is 3. The number of benzene rings is 2. The van der Waals surface area contributed by atoms with Gasteiger partial charge in [-0.3, -0.25) is 0 Å². The number of ether oxygens (including phenoxy) is 1. The summed E-state index contributed by atoms with van der Waals surface area (Å²) in [6.07, 6.45) is 1.76. The summed E-state index contributed by atoms with van der Waals surface area (Å²) in [4.78, 5) is 18.8. The van der Waals surface area contributed by atoms with E-state index in [1.165, 1.54) is 24.3 Å². The maximum absolute atomic E-state index is 12.8. The van der Waals surface area contributed by atoms with Crippen molar-refractivity contribution >= 4 is 34.7 Å². The zero-order valence-electron chi connectivity index (χ0n) is 16.3. The summed E-state index contributed by atoms with van der Waals surface area (Å²) in [7, 11) is 0. The summed E-state index contributed by atoms with van der Waals surface area (Å²) in [6.45, 7) is 4.25. The van der Waals surface area contributed by atoms with Crippen LogP contribution in [-0.2, 0) is 6.54 Å². The van der Waals surface area contributed by atoms with Crippen LogP contribution < -0.4 is 10.1 Å².